The van der Waals surface area contributed by atoms with E-state index in [9.17, 15) is 13.5 Å². The minimum Gasteiger partial charge on any atom is -0.395 e. The molecule has 2 heterocycles. The van der Waals surface area contributed by atoms with Gasteiger partial charge in [-0.1, -0.05) is 18.0 Å². The second-order valence-electron chi connectivity index (χ2n) is 4.47. The molecule has 0 aromatic carbocycles. The highest BCUT2D eigenvalue weighted by atomic mass is 35.5. The Morgan fingerprint density at radius 3 is 2.89 bits per heavy atom. The summed E-state index contributed by atoms with van der Waals surface area (Å²) >= 11 is 7.15. The molecule has 8 heteroatoms. The Bertz CT molecular complexity index is 518. The third-order valence-corrected chi connectivity index (χ3v) is 5.99. The van der Waals surface area contributed by atoms with E-state index < -0.39 is 10.2 Å². The van der Waals surface area contributed by atoms with Gasteiger partial charge in [0, 0.05) is 24.0 Å². The van der Waals surface area contributed by atoms with Crippen molar-refractivity contribution in [2.24, 2.45) is 0 Å². The fourth-order valence-electron chi connectivity index (χ4n) is 2.16. The second kappa shape index (κ2) is 6.51. The first-order valence-electron chi connectivity index (χ1n) is 6.14. The Kier molecular flexibility index (Phi) is 5.22. The summed E-state index contributed by atoms with van der Waals surface area (Å²) in [5, 5.41) is 9.26. The molecule has 19 heavy (non-hydrogen) atoms. The highest BCUT2D eigenvalue weighted by molar-refractivity contribution is 7.87. The van der Waals surface area contributed by atoms with E-state index in [1.54, 1.807) is 12.1 Å². The van der Waals surface area contributed by atoms with E-state index in [4.69, 9.17) is 11.6 Å². The van der Waals surface area contributed by atoms with Gasteiger partial charge < -0.3 is 5.11 Å². The predicted octanol–water partition coefficient (Wildman–Crippen LogP) is 1.58. The third kappa shape index (κ3) is 3.90. The van der Waals surface area contributed by atoms with Crippen LogP contribution in [0.15, 0.2) is 12.1 Å². The van der Waals surface area contributed by atoms with Crippen LogP contribution in [0.2, 0.25) is 4.34 Å². The molecule has 1 aromatic rings. The molecule has 108 valence electrons. The SMILES string of the molecule is O=S(=O)(NCc1ccc(Cl)s1)N1CCCCC1CO. The molecular weight excluding hydrogens is 308 g/mol. The lowest BCUT2D eigenvalue weighted by atomic mass is 10.1. The van der Waals surface area contributed by atoms with Gasteiger partial charge in [0.25, 0.3) is 10.2 Å². The van der Waals surface area contributed by atoms with Gasteiger partial charge in [-0.05, 0) is 25.0 Å². The number of piperidine rings is 1. The molecule has 1 saturated heterocycles. The van der Waals surface area contributed by atoms with Crippen LogP contribution in [-0.4, -0.2) is 37.0 Å². The summed E-state index contributed by atoms with van der Waals surface area (Å²) in [4.78, 5) is 0.867. The number of hydrogen-bond acceptors (Lipinski definition) is 4. The first-order chi connectivity index (χ1) is 9.03. The first kappa shape index (κ1) is 15.2. The summed E-state index contributed by atoms with van der Waals surface area (Å²) in [5.74, 6) is 0. The monoisotopic (exact) mass is 324 g/mol. The van der Waals surface area contributed by atoms with E-state index in [0.717, 1.165) is 17.7 Å². The number of aliphatic hydroxyl groups is 1. The summed E-state index contributed by atoms with van der Waals surface area (Å²) in [6, 6.07) is 3.24. The van der Waals surface area contributed by atoms with Gasteiger partial charge in [0.2, 0.25) is 0 Å². The van der Waals surface area contributed by atoms with Crippen molar-refractivity contribution in [3.8, 4) is 0 Å². The van der Waals surface area contributed by atoms with Gasteiger partial charge in [0.15, 0.2) is 0 Å². The maximum absolute atomic E-state index is 12.2. The number of hydrogen-bond donors (Lipinski definition) is 2. The van der Waals surface area contributed by atoms with Gasteiger partial charge in [-0.25, -0.2) is 0 Å². The normalized spacial score (nSPS) is 21.7. The molecule has 2 rings (SSSR count). The molecule has 1 aromatic heterocycles. The third-order valence-electron chi connectivity index (χ3n) is 3.15. The van der Waals surface area contributed by atoms with Gasteiger partial charge in [-0.2, -0.15) is 17.4 Å². The minimum atomic E-state index is -3.55. The summed E-state index contributed by atoms with van der Waals surface area (Å²) in [7, 11) is -3.55. The fraction of sp³-hybridized carbons (Fsp3) is 0.636. The fourth-order valence-corrected chi connectivity index (χ4v) is 4.72. The van der Waals surface area contributed by atoms with Crippen LogP contribution in [0.1, 0.15) is 24.1 Å². The Balaban J connectivity index is 2.00. The maximum Gasteiger partial charge on any atom is 0.280 e. The van der Waals surface area contributed by atoms with E-state index in [1.807, 2.05) is 0 Å². The van der Waals surface area contributed by atoms with Crippen molar-refractivity contribution in [2.45, 2.75) is 31.8 Å². The highest BCUT2D eigenvalue weighted by Crippen LogP contribution is 2.22. The number of nitrogens with one attached hydrogen (secondary N) is 1. The summed E-state index contributed by atoms with van der Waals surface area (Å²) in [6.45, 7) is 0.561. The van der Waals surface area contributed by atoms with Crippen LogP contribution < -0.4 is 4.72 Å². The first-order valence-corrected chi connectivity index (χ1v) is 8.78. The molecule has 0 amide bonds. The van der Waals surface area contributed by atoms with Gasteiger partial charge in [0.05, 0.1) is 10.9 Å². The molecule has 0 bridgehead atoms. The lowest BCUT2D eigenvalue weighted by Gasteiger charge is -2.33. The largest absolute Gasteiger partial charge is 0.395 e. The van der Waals surface area contributed by atoms with Crippen LogP contribution in [0.5, 0.6) is 0 Å². The van der Waals surface area contributed by atoms with Crippen molar-refractivity contribution in [1.29, 1.82) is 0 Å². The van der Waals surface area contributed by atoms with Crippen LogP contribution >= 0.6 is 22.9 Å². The molecule has 1 atom stereocenters. The zero-order chi connectivity index (χ0) is 13.9. The van der Waals surface area contributed by atoms with Crippen LogP contribution in [0.25, 0.3) is 0 Å². The lowest BCUT2D eigenvalue weighted by molar-refractivity contribution is 0.154. The number of nitrogens with zero attached hydrogens (tertiary/aromatic N) is 1. The number of thiophene rings is 1. The maximum atomic E-state index is 12.2. The number of rotatable bonds is 5. The zero-order valence-corrected chi connectivity index (χ0v) is 12.8. The standard InChI is InChI=1S/C11H17ClN2O3S2/c12-11-5-4-10(18-11)7-13-19(16,17)14-6-2-1-3-9(14)8-15/h4-5,9,13,15H,1-3,6-8H2. The Morgan fingerprint density at radius 1 is 1.47 bits per heavy atom. The molecule has 0 radical (unpaired) electrons. The summed E-state index contributed by atoms with van der Waals surface area (Å²) in [6.07, 6.45) is 2.50. The zero-order valence-electron chi connectivity index (χ0n) is 10.4. The van der Waals surface area contributed by atoms with Crippen molar-refractivity contribution in [1.82, 2.24) is 9.03 Å². The van der Waals surface area contributed by atoms with Crippen molar-refractivity contribution in [3.05, 3.63) is 21.3 Å². The molecule has 1 aliphatic heterocycles. The van der Waals surface area contributed by atoms with Crippen molar-refractivity contribution >= 4 is 33.1 Å². The average Bonchev–Trinajstić information content (AvgIpc) is 2.82. The molecule has 2 N–H and O–H groups in total. The van der Waals surface area contributed by atoms with Gasteiger partial charge in [-0.3, -0.25) is 0 Å². The average molecular weight is 325 g/mol. The Labute approximate surface area is 122 Å². The van der Waals surface area contributed by atoms with Crippen molar-refractivity contribution in [3.63, 3.8) is 0 Å². The Morgan fingerprint density at radius 2 is 2.26 bits per heavy atom. The van der Waals surface area contributed by atoms with Crippen molar-refractivity contribution in [2.75, 3.05) is 13.2 Å². The predicted molar refractivity (Wildman–Crippen MR) is 76.5 cm³/mol. The van der Waals surface area contributed by atoms with Crippen molar-refractivity contribution < 1.29 is 13.5 Å². The lowest BCUT2D eigenvalue weighted by Crippen LogP contribution is -2.50. The van der Waals surface area contributed by atoms with Gasteiger partial charge >= 0.3 is 0 Å². The van der Waals surface area contributed by atoms with Gasteiger partial charge in [-0.15, -0.1) is 11.3 Å². The van der Waals surface area contributed by atoms with E-state index in [-0.39, 0.29) is 19.2 Å². The number of aliphatic hydroxyl groups excluding tert-OH is 1. The van der Waals surface area contributed by atoms with E-state index in [1.165, 1.54) is 15.6 Å². The molecule has 1 fully saturated rings. The summed E-state index contributed by atoms with van der Waals surface area (Å²) in [5.41, 5.74) is 0. The molecule has 5 nitrogen and oxygen atoms in total. The number of halogens is 1. The quantitative estimate of drug-likeness (QED) is 0.864. The van der Waals surface area contributed by atoms with Crippen LogP contribution in [0.3, 0.4) is 0 Å². The molecule has 1 aliphatic rings. The van der Waals surface area contributed by atoms with E-state index in [0.29, 0.717) is 17.3 Å². The Hall–Kier alpha value is -0.180. The van der Waals surface area contributed by atoms with Crippen LogP contribution in [-0.2, 0) is 16.8 Å². The van der Waals surface area contributed by atoms with Gasteiger partial charge in [0.1, 0.15) is 0 Å². The summed E-state index contributed by atoms with van der Waals surface area (Å²) < 4.78 is 29.0. The minimum absolute atomic E-state index is 0.133. The van der Waals surface area contributed by atoms with E-state index in [2.05, 4.69) is 4.72 Å². The van der Waals surface area contributed by atoms with Crippen LogP contribution in [0, 0.1) is 0 Å². The topological polar surface area (TPSA) is 69.6 Å². The molecule has 0 saturated carbocycles. The highest BCUT2D eigenvalue weighted by Gasteiger charge is 2.31. The molecule has 1 unspecified atom stereocenters. The smallest absolute Gasteiger partial charge is 0.280 e. The molecular formula is C11H17ClN2O3S2. The molecule has 0 aliphatic carbocycles. The van der Waals surface area contributed by atoms with Crippen LogP contribution in [0.4, 0.5) is 0 Å². The molecule has 0 spiro atoms. The second-order valence-corrected chi connectivity index (χ2v) is 7.98. The van der Waals surface area contributed by atoms with E-state index >= 15 is 0 Å².